The predicted molar refractivity (Wildman–Crippen MR) is 114 cm³/mol. The molecule has 0 bridgehead atoms. The van der Waals surface area contributed by atoms with Crippen LogP contribution in [0.1, 0.15) is 30.0 Å². The Kier molecular flexibility index (Phi) is 5.74. The zero-order valence-electron chi connectivity index (χ0n) is 16.5. The lowest BCUT2D eigenvalue weighted by molar-refractivity contribution is -0.148. The Hall–Kier alpha value is -2.95. The molecule has 3 aromatic carbocycles. The van der Waals surface area contributed by atoms with Gasteiger partial charge in [-0.05, 0) is 23.1 Å². The molecule has 148 valence electrons. The van der Waals surface area contributed by atoms with Crippen LogP contribution in [0.5, 0.6) is 0 Å². The number of nitrogens with one attached hydrogen (secondary N) is 2. The Morgan fingerprint density at radius 2 is 1.28 bits per heavy atom. The van der Waals surface area contributed by atoms with E-state index in [-0.39, 0.29) is 12.1 Å². The summed E-state index contributed by atoms with van der Waals surface area (Å²) >= 11 is 0. The van der Waals surface area contributed by atoms with Gasteiger partial charge in [0.25, 0.3) is 0 Å². The highest BCUT2D eigenvalue weighted by Gasteiger charge is 2.47. The van der Waals surface area contributed by atoms with Crippen molar-refractivity contribution in [2.24, 2.45) is 0 Å². The van der Waals surface area contributed by atoms with Gasteiger partial charge in [0, 0.05) is 6.61 Å². The van der Waals surface area contributed by atoms with Crippen LogP contribution in [0.3, 0.4) is 0 Å². The van der Waals surface area contributed by atoms with Crippen molar-refractivity contribution in [3.8, 4) is 0 Å². The van der Waals surface area contributed by atoms with Crippen molar-refractivity contribution < 1.29 is 9.53 Å². The fourth-order valence-corrected chi connectivity index (χ4v) is 3.93. The zero-order valence-corrected chi connectivity index (χ0v) is 16.5. The van der Waals surface area contributed by atoms with Gasteiger partial charge in [-0.15, -0.1) is 0 Å². The molecule has 1 aliphatic heterocycles. The van der Waals surface area contributed by atoms with Gasteiger partial charge in [-0.25, -0.2) is 0 Å². The molecule has 1 aliphatic rings. The Labute approximate surface area is 171 Å². The van der Waals surface area contributed by atoms with Crippen LogP contribution in [0.25, 0.3) is 0 Å². The highest BCUT2D eigenvalue weighted by atomic mass is 16.5. The summed E-state index contributed by atoms with van der Waals surface area (Å²) in [6, 6.07) is 30.4. The Morgan fingerprint density at radius 1 is 0.828 bits per heavy atom. The van der Waals surface area contributed by atoms with E-state index in [1.807, 2.05) is 54.6 Å². The van der Waals surface area contributed by atoms with E-state index in [1.54, 1.807) is 0 Å². The van der Waals surface area contributed by atoms with Gasteiger partial charge in [-0.1, -0.05) is 97.9 Å². The second kappa shape index (κ2) is 8.60. The number of β-lactam (4-membered cyclic amide) rings is 1. The van der Waals surface area contributed by atoms with Gasteiger partial charge in [-0.2, -0.15) is 0 Å². The molecule has 1 fully saturated rings. The van der Waals surface area contributed by atoms with Gasteiger partial charge in [0.15, 0.2) is 6.23 Å². The van der Waals surface area contributed by atoms with Crippen LogP contribution in [0.2, 0.25) is 0 Å². The average molecular weight is 386 g/mol. The smallest absolute Gasteiger partial charge is 0.243 e. The highest BCUT2D eigenvalue weighted by Crippen LogP contribution is 2.38. The maximum absolute atomic E-state index is 12.5. The molecular formula is C25H26N2O2. The lowest BCUT2D eigenvalue weighted by Gasteiger charge is -2.45. The molecule has 4 rings (SSSR count). The van der Waals surface area contributed by atoms with E-state index in [9.17, 15) is 4.79 Å². The van der Waals surface area contributed by atoms with Gasteiger partial charge in [0.2, 0.25) is 5.91 Å². The minimum Gasteiger partial charge on any atom is -0.356 e. The van der Waals surface area contributed by atoms with Crippen LogP contribution in [-0.4, -0.2) is 24.8 Å². The van der Waals surface area contributed by atoms with E-state index >= 15 is 0 Å². The number of benzene rings is 3. The molecule has 2 atom stereocenters. The van der Waals surface area contributed by atoms with Crippen molar-refractivity contribution in [3.63, 3.8) is 0 Å². The van der Waals surface area contributed by atoms with Crippen LogP contribution < -0.4 is 10.6 Å². The first kappa shape index (κ1) is 19.4. The molecule has 0 aromatic heterocycles. The van der Waals surface area contributed by atoms with Crippen LogP contribution in [0.4, 0.5) is 0 Å². The minimum atomic E-state index is -0.681. The summed E-state index contributed by atoms with van der Waals surface area (Å²) in [4.78, 5) is 12.5. The van der Waals surface area contributed by atoms with Crippen molar-refractivity contribution in [1.82, 2.24) is 10.6 Å². The third-order valence-corrected chi connectivity index (χ3v) is 5.36. The normalized spacial score (nSPS) is 18.7. The van der Waals surface area contributed by atoms with E-state index in [0.29, 0.717) is 6.61 Å². The van der Waals surface area contributed by atoms with Gasteiger partial charge < -0.3 is 10.1 Å². The first-order valence-electron chi connectivity index (χ1n) is 10.1. The maximum atomic E-state index is 12.5. The molecular weight excluding hydrogens is 360 g/mol. The molecule has 4 nitrogen and oxygen atoms in total. The molecule has 1 saturated heterocycles. The molecule has 1 amide bonds. The van der Waals surface area contributed by atoms with Crippen LogP contribution in [-0.2, 0) is 15.1 Å². The summed E-state index contributed by atoms with van der Waals surface area (Å²) in [6.45, 7) is 2.67. The van der Waals surface area contributed by atoms with E-state index < -0.39 is 11.6 Å². The third-order valence-electron chi connectivity index (χ3n) is 5.36. The van der Waals surface area contributed by atoms with Crippen LogP contribution in [0, 0.1) is 0 Å². The number of amides is 1. The summed E-state index contributed by atoms with van der Waals surface area (Å²) in [5, 5.41) is 6.57. The number of carbonyl (C=O) groups excluding carboxylic acids is 1. The van der Waals surface area contributed by atoms with E-state index in [0.717, 1.165) is 23.1 Å². The summed E-state index contributed by atoms with van der Waals surface area (Å²) in [6.07, 6.45) is 0.568. The molecule has 0 radical (unpaired) electrons. The van der Waals surface area contributed by atoms with Crippen LogP contribution in [0.15, 0.2) is 91.0 Å². The van der Waals surface area contributed by atoms with E-state index in [4.69, 9.17) is 4.74 Å². The van der Waals surface area contributed by atoms with Gasteiger partial charge >= 0.3 is 0 Å². The number of ether oxygens (including phenoxy) is 1. The standard InChI is InChI=1S/C25H26N2O2/c1-2-18-29-24-22(23(28)26-24)27-25(19-12-6-3-7-13-19,20-14-8-4-9-15-20)21-16-10-5-11-17-21/h3-17,22,24,27H,2,18H2,1H3,(H,26,28)/t22-,24-/m1/s1. The van der Waals surface area contributed by atoms with Crippen molar-refractivity contribution in [2.45, 2.75) is 31.2 Å². The minimum absolute atomic E-state index is 0.0433. The Morgan fingerprint density at radius 3 is 1.66 bits per heavy atom. The topological polar surface area (TPSA) is 50.4 Å². The number of rotatable bonds is 8. The molecule has 0 unspecified atom stereocenters. The predicted octanol–water partition coefficient (Wildman–Crippen LogP) is 3.82. The summed E-state index contributed by atoms with van der Waals surface area (Å²) in [5.74, 6) is -0.0433. The zero-order chi connectivity index (χ0) is 20.1. The largest absolute Gasteiger partial charge is 0.356 e. The summed E-state index contributed by atoms with van der Waals surface area (Å²) in [7, 11) is 0. The molecule has 0 saturated carbocycles. The SMILES string of the molecule is CCCO[C@H]1NC(=O)[C@H]1NC(c1ccccc1)(c1ccccc1)c1ccccc1. The Balaban J connectivity index is 1.85. The number of hydrogen-bond donors (Lipinski definition) is 2. The van der Waals surface area contributed by atoms with Crippen molar-refractivity contribution in [1.29, 1.82) is 0 Å². The van der Waals surface area contributed by atoms with E-state index in [1.165, 1.54) is 0 Å². The van der Waals surface area contributed by atoms with Crippen molar-refractivity contribution in [2.75, 3.05) is 6.61 Å². The second-order valence-electron chi connectivity index (χ2n) is 7.27. The number of hydrogen-bond acceptors (Lipinski definition) is 3. The third kappa shape index (κ3) is 3.69. The quantitative estimate of drug-likeness (QED) is 0.457. The lowest BCUT2D eigenvalue weighted by atomic mass is 9.76. The van der Waals surface area contributed by atoms with Crippen LogP contribution >= 0.6 is 0 Å². The van der Waals surface area contributed by atoms with Crippen molar-refractivity contribution >= 4 is 5.91 Å². The molecule has 4 heteroatoms. The first-order valence-corrected chi connectivity index (χ1v) is 10.1. The molecule has 2 N–H and O–H groups in total. The fraction of sp³-hybridized carbons (Fsp3) is 0.240. The van der Waals surface area contributed by atoms with Crippen molar-refractivity contribution in [3.05, 3.63) is 108 Å². The number of carbonyl (C=O) groups is 1. The highest BCUT2D eigenvalue weighted by molar-refractivity contribution is 5.89. The molecule has 3 aromatic rings. The van der Waals surface area contributed by atoms with Gasteiger partial charge in [0.1, 0.15) is 6.04 Å². The first-order chi connectivity index (χ1) is 14.3. The van der Waals surface area contributed by atoms with E-state index in [2.05, 4.69) is 54.0 Å². The molecule has 0 spiro atoms. The molecule has 29 heavy (non-hydrogen) atoms. The van der Waals surface area contributed by atoms with Gasteiger partial charge in [0.05, 0.1) is 5.54 Å². The molecule has 0 aliphatic carbocycles. The lowest BCUT2D eigenvalue weighted by Crippen LogP contribution is -2.72. The summed E-state index contributed by atoms with van der Waals surface area (Å²) in [5.41, 5.74) is 2.55. The summed E-state index contributed by atoms with van der Waals surface area (Å²) < 4.78 is 5.87. The maximum Gasteiger partial charge on any atom is 0.243 e. The monoisotopic (exact) mass is 386 g/mol. The molecule has 1 heterocycles. The second-order valence-corrected chi connectivity index (χ2v) is 7.27. The van der Waals surface area contributed by atoms with Gasteiger partial charge in [-0.3, -0.25) is 10.1 Å². The average Bonchev–Trinajstić information content (AvgIpc) is 2.79. The fourth-order valence-electron chi connectivity index (χ4n) is 3.93. The Bertz CT molecular complexity index is 832.